The molecule has 1 aliphatic rings. The third kappa shape index (κ3) is 4.22. The van der Waals surface area contributed by atoms with Crippen LogP contribution in [0.15, 0.2) is 0 Å². The zero-order chi connectivity index (χ0) is 13.4. The van der Waals surface area contributed by atoms with Gasteiger partial charge in [0.2, 0.25) is 0 Å². The zero-order valence-electron chi connectivity index (χ0n) is 12.3. The molecule has 0 heterocycles. The van der Waals surface area contributed by atoms with Crippen molar-refractivity contribution in [2.75, 3.05) is 26.2 Å². The van der Waals surface area contributed by atoms with E-state index in [-0.39, 0.29) is 6.61 Å². The molecule has 0 aliphatic heterocycles. The van der Waals surface area contributed by atoms with E-state index in [9.17, 15) is 5.11 Å². The van der Waals surface area contributed by atoms with Gasteiger partial charge in [0.05, 0.1) is 6.61 Å². The van der Waals surface area contributed by atoms with Gasteiger partial charge in [-0.3, -0.25) is 4.90 Å². The zero-order valence-corrected chi connectivity index (χ0v) is 12.3. The van der Waals surface area contributed by atoms with E-state index < -0.39 is 0 Å². The summed E-state index contributed by atoms with van der Waals surface area (Å²) in [7, 11) is 0. The van der Waals surface area contributed by atoms with E-state index in [0.717, 1.165) is 32.5 Å². The van der Waals surface area contributed by atoms with Gasteiger partial charge >= 0.3 is 0 Å². The minimum Gasteiger partial charge on any atom is -0.395 e. The summed E-state index contributed by atoms with van der Waals surface area (Å²) in [6.45, 7) is 7.43. The number of nitrogens with two attached hydrogens (primary N) is 1. The Bertz CT molecular complexity index is 211. The van der Waals surface area contributed by atoms with Crippen molar-refractivity contribution < 1.29 is 5.11 Å². The summed E-state index contributed by atoms with van der Waals surface area (Å²) in [6, 6.07) is 0.600. The third-order valence-electron chi connectivity index (χ3n) is 4.73. The molecule has 0 amide bonds. The second-order valence-corrected chi connectivity index (χ2v) is 5.93. The lowest BCUT2D eigenvalue weighted by Crippen LogP contribution is -2.48. The first-order chi connectivity index (χ1) is 8.71. The van der Waals surface area contributed by atoms with Crippen molar-refractivity contribution in [3.63, 3.8) is 0 Å². The molecule has 0 spiro atoms. The summed E-state index contributed by atoms with van der Waals surface area (Å²) < 4.78 is 0. The molecule has 0 bridgehead atoms. The first-order valence-corrected chi connectivity index (χ1v) is 7.76. The minimum atomic E-state index is 0.261. The number of rotatable bonds is 8. The van der Waals surface area contributed by atoms with Crippen LogP contribution in [0.3, 0.4) is 0 Å². The average molecular weight is 256 g/mol. The van der Waals surface area contributed by atoms with Gasteiger partial charge in [0.15, 0.2) is 0 Å². The molecular formula is C15H32N2O. The predicted octanol–water partition coefficient (Wildman–Crippen LogP) is 2.38. The van der Waals surface area contributed by atoms with Crippen molar-refractivity contribution in [3.05, 3.63) is 0 Å². The van der Waals surface area contributed by atoms with E-state index in [1.54, 1.807) is 0 Å². The number of hydrogen-bond acceptors (Lipinski definition) is 3. The van der Waals surface area contributed by atoms with Gasteiger partial charge in [0, 0.05) is 19.1 Å². The highest BCUT2D eigenvalue weighted by molar-refractivity contribution is 4.88. The fourth-order valence-corrected chi connectivity index (χ4v) is 3.48. The summed E-state index contributed by atoms with van der Waals surface area (Å²) in [6.07, 6.45) is 8.89. The molecule has 0 unspecified atom stereocenters. The highest BCUT2D eigenvalue weighted by Gasteiger charge is 2.33. The van der Waals surface area contributed by atoms with E-state index in [0.29, 0.717) is 11.5 Å². The molecule has 0 aromatic carbocycles. The number of hydrogen-bond donors (Lipinski definition) is 2. The molecule has 1 aliphatic carbocycles. The van der Waals surface area contributed by atoms with Crippen molar-refractivity contribution in [2.24, 2.45) is 11.1 Å². The number of nitrogens with zero attached hydrogens (tertiary/aromatic N) is 1. The van der Waals surface area contributed by atoms with Crippen LogP contribution in [-0.2, 0) is 0 Å². The molecule has 0 radical (unpaired) electrons. The van der Waals surface area contributed by atoms with Gasteiger partial charge in [-0.1, -0.05) is 33.1 Å². The van der Waals surface area contributed by atoms with E-state index in [1.165, 1.54) is 32.1 Å². The fraction of sp³-hybridized carbons (Fsp3) is 1.00. The van der Waals surface area contributed by atoms with Crippen LogP contribution in [0.1, 0.15) is 58.8 Å². The van der Waals surface area contributed by atoms with Crippen molar-refractivity contribution >= 4 is 0 Å². The summed E-state index contributed by atoms with van der Waals surface area (Å²) in [4.78, 5) is 2.48. The Kier molecular flexibility index (Phi) is 7.20. The van der Waals surface area contributed by atoms with Crippen LogP contribution in [0, 0.1) is 5.41 Å². The first-order valence-electron chi connectivity index (χ1n) is 7.76. The topological polar surface area (TPSA) is 49.5 Å². The Balaban J connectivity index is 2.66. The van der Waals surface area contributed by atoms with Crippen LogP contribution in [0.5, 0.6) is 0 Å². The Hall–Kier alpha value is -0.120. The van der Waals surface area contributed by atoms with E-state index in [1.807, 2.05) is 0 Å². The Morgan fingerprint density at radius 1 is 1.17 bits per heavy atom. The van der Waals surface area contributed by atoms with Crippen LogP contribution in [-0.4, -0.2) is 42.3 Å². The Morgan fingerprint density at radius 3 is 2.22 bits per heavy atom. The molecule has 0 aromatic heterocycles. The smallest absolute Gasteiger partial charge is 0.0558 e. The third-order valence-corrected chi connectivity index (χ3v) is 4.73. The molecule has 3 nitrogen and oxygen atoms in total. The molecule has 1 saturated carbocycles. The summed E-state index contributed by atoms with van der Waals surface area (Å²) in [5, 5.41) is 9.29. The molecule has 0 atom stereocenters. The maximum Gasteiger partial charge on any atom is 0.0558 e. The molecule has 3 heteroatoms. The largest absolute Gasteiger partial charge is 0.395 e. The lowest BCUT2D eigenvalue weighted by atomic mass is 9.73. The van der Waals surface area contributed by atoms with Gasteiger partial charge < -0.3 is 10.8 Å². The molecule has 18 heavy (non-hydrogen) atoms. The van der Waals surface area contributed by atoms with Gasteiger partial charge in [0.25, 0.3) is 0 Å². The lowest BCUT2D eigenvalue weighted by Gasteiger charge is -2.42. The normalized spacial score (nSPS) is 19.7. The summed E-state index contributed by atoms with van der Waals surface area (Å²) in [5.41, 5.74) is 6.39. The van der Waals surface area contributed by atoms with Crippen LogP contribution in [0.4, 0.5) is 0 Å². The predicted molar refractivity (Wildman–Crippen MR) is 77.6 cm³/mol. The molecule has 1 fully saturated rings. The SMILES string of the molecule is CCC(CC)N(CCO)CC1(CN)CCCCC1. The van der Waals surface area contributed by atoms with Crippen LogP contribution in [0.2, 0.25) is 0 Å². The molecule has 0 aromatic rings. The lowest BCUT2D eigenvalue weighted by molar-refractivity contribution is 0.0633. The van der Waals surface area contributed by atoms with Crippen molar-refractivity contribution in [3.8, 4) is 0 Å². The minimum absolute atomic E-state index is 0.261. The van der Waals surface area contributed by atoms with Gasteiger partial charge in [-0.05, 0) is 37.6 Å². The number of aliphatic hydroxyl groups is 1. The fourth-order valence-electron chi connectivity index (χ4n) is 3.48. The van der Waals surface area contributed by atoms with Gasteiger partial charge in [-0.15, -0.1) is 0 Å². The summed E-state index contributed by atoms with van der Waals surface area (Å²) >= 11 is 0. The van der Waals surface area contributed by atoms with Crippen molar-refractivity contribution in [1.29, 1.82) is 0 Å². The van der Waals surface area contributed by atoms with E-state index in [4.69, 9.17) is 5.73 Å². The van der Waals surface area contributed by atoms with Crippen molar-refractivity contribution in [2.45, 2.75) is 64.8 Å². The quantitative estimate of drug-likeness (QED) is 0.701. The Morgan fingerprint density at radius 2 is 1.78 bits per heavy atom. The molecule has 108 valence electrons. The van der Waals surface area contributed by atoms with Crippen LogP contribution >= 0.6 is 0 Å². The maximum atomic E-state index is 9.29. The molecule has 1 rings (SSSR count). The first kappa shape index (κ1) is 15.9. The molecule has 0 saturated heterocycles. The highest BCUT2D eigenvalue weighted by atomic mass is 16.3. The van der Waals surface area contributed by atoms with E-state index in [2.05, 4.69) is 18.7 Å². The molecular weight excluding hydrogens is 224 g/mol. The summed E-state index contributed by atoms with van der Waals surface area (Å²) in [5.74, 6) is 0. The second kappa shape index (κ2) is 8.13. The van der Waals surface area contributed by atoms with Gasteiger partial charge in [-0.25, -0.2) is 0 Å². The van der Waals surface area contributed by atoms with Gasteiger partial charge in [-0.2, -0.15) is 0 Å². The number of aliphatic hydroxyl groups excluding tert-OH is 1. The van der Waals surface area contributed by atoms with Crippen molar-refractivity contribution in [1.82, 2.24) is 4.90 Å². The van der Waals surface area contributed by atoms with Crippen LogP contribution in [0.25, 0.3) is 0 Å². The van der Waals surface area contributed by atoms with Crippen LogP contribution < -0.4 is 5.73 Å². The maximum absolute atomic E-state index is 9.29. The highest BCUT2D eigenvalue weighted by Crippen LogP contribution is 2.36. The Labute approximate surface area is 113 Å². The standard InChI is InChI=1S/C15H32N2O/c1-3-14(4-2)17(10-11-18)13-15(12-16)8-6-5-7-9-15/h14,18H,3-13,16H2,1-2H3. The second-order valence-electron chi connectivity index (χ2n) is 5.93. The average Bonchev–Trinajstić information content (AvgIpc) is 2.41. The van der Waals surface area contributed by atoms with E-state index >= 15 is 0 Å². The van der Waals surface area contributed by atoms with Gasteiger partial charge in [0.1, 0.15) is 0 Å². The molecule has 3 N–H and O–H groups in total. The monoisotopic (exact) mass is 256 g/mol.